The smallest absolute Gasteiger partial charge is 0.262 e. The molecule has 0 saturated carbocycles. The Morgan fingerprint density at radius 1 is 0.845 bits per heavy atom. The predicted octanol–water partition coefficient (Wildman–Crippen LogP) is 4.96. The molecule has 5 saturated heterocycles. The van der Waals surface area contributed by atoms with Crippen LogP contribution in [0.5, 0.6) is 0 Å². The van der Waals surface area contributed by atoms with Crippen LogP contribution in [0.4, 0.5) is 27.1 Å². The molecule has 13 nitrogen and oxygen atoms in total. The van der Waals surface area contributed by atoms with Crippen molar-refractivity contribution in [1.82, 2.24) is 20.0 Å². The van der Waals surface area contributed by atoms with Crippen molar-refractivity contribution >= 4 is 63.9 Å². The Kier molecular flexibility index (Phi) is 9.63. The lowest BCUT2D eigenvalue weighted by atomic mass is 9.73. The van der Waals surface area contributed by atoms with E-state index in [4.69, 9.17) is 18.2 Å². The quantitative estimate of drug-likeness (QED) is 0.272. The van der Waals surface area contributed by atoms with Crippen LogP contribution in [-0.2, 0) is 9.59 Å². The molecule has 0 aromatic heterocycles. The number of amides is 5. The minimum atomic E-state index is -1.11. The summed E-state index contributed by atoms with van der Waals surface area (Å²) in [5.74, 6) is -3.17. The third kappa shape index (κ3) is 6.44. The summed E-state index contributed by atoms with van der Waals surface area (Å²) in [6, 6.07) is 15.6. The van der Waals surface area contributed by atoms with Gasteiger partial charge in [-0.3, -0.25) is 39.1 Å². The summed E-state index contributed by atoms with van der Waals surface area (Å²) in [5.41, 5.74) is 3.77. The van der Waals surface area contributed by atoms with E-state index in [9.17, 15) is 24.0 Å². The largest absolute Gasteiger partial charge is 0.371 e. The van der Waals surface area contributed by atoms with Crippen molar-refractivity contribution in [3.63, 3.8) is 0 Å². The average molecular weight is 807 g/mol. The highest BCUT2D eigenvalue weighted by Crippen LogP contribution is 2.48. The number of rotatable bonds is 6. The fourth-order valence-electron chi connectivity index (χ4n) is 9.96. The van der Waals surface area contributed by atoms with Crippen molar-refractivity contribution in [3.8, 4) is 0 Å². The van der Waals surface area contributed by atoms with E-state index in [2.05, 4.69) is 43.9 Å². The number of carbonyl (C=O) groups excluding carboxylic acids is 5. The first kappa shape index (κ1) is 38.0. The number of hydrogen-bond donors (Lipinski definition) is 1. The highest BCUT2D eigenvalue weighted by atomic mass is 35.5. The minimum Gasteiger partial charge on any atom is -0.371 e. The Balaban J connectivity index is 0.752. The molecule has 0 aliphatic carbocycles. The molecule has 2 unspecified atom stereocenters. The molecule has 1 spiro atoms. The maximum absolute atomic E-state index is 15.4. The number of nitrogens with one attached hydrogen (secondary N) is 1. The van der Waals surface area contributed by atoms with Crippen LogP contribution in [0, 0.1) is 17.8 Å². The topological polar surface area (TPSA) is 121 Å². The third-order valence-electron chi connectivity index (χ3n) is 13.7. The van der Waals surface area contributed by atoms with Crippen molar-refractivity contribution in [1.29, 1.82) is 0 Å². The number of anilines is 3. The number of piperazine rings is 1. The minimum absolute atomic E-state index is 0.00853. The lowest BCUT2D eigenvalue weighted by molar-refractivity contribution is -0.136. The molecule has 300 valence electrons. The number of imide groups is 2. The van der Waals surface area contributed by atoms with Gasteiger partial charge in [-0.05, 0) is 86.6 Å². The van der Waals surface area contributed by atoms with Crippen molar-refractivity contribution in [2.75, 3.05) is 73.6 Å². The van der Waals surface area contributed by atoms with Gasteiger partial charge < -0.3 is 19.6 Å². The van der Waals surface area contributed by atoms with E-state index in [1.165, 1.54) is 6.07 Å². The molecule has 3 aromatic rings. The molecular weight excluding hydrogens is 763 g/mol. The zero-order chi connectivity index (χ0) is 40.5. The second-order valence-corrected chi connectivity index (χ2v) is 16.9. The van der Waals surface area contributed by atoms with E-state index in [0.717, 1.165) is 61.2 Å². The molecule has 6 aliphatic heterocycles. The fourth-order valence-corrected chi connectivity index (χ4v) is 10.2. The Labute approximate surface area is 341 Å². The van der Waals surface area contributed by atoms with E-state index in [0.29, 0.717) is 61.6 Å². The maximum atomic E-state index is 15.4. The monoisotopic (exact) mass is 806 g/mol. The van der Waals surface area contributed by atoms with E-state index in [1.807, 2.05) is 40.1 Å². The zero-order valence-electron chi connectivity index (χ0n) is 32.3. The number of carbonyl (C=O) groups is 5. The molecule has 9 rings (SSSR count). The Bertz CT molecular complexity index is 2260. The molecule has 6 aliphatic rings. The van der Waals surface area contributed by atoms with Gasteiger partial charge in [0.15, 0.2) is 0 Å². The van der Waals surface area contributed by atoms with Crippen LogP contribution in [0.2, 0.25) is 5.02 Å². The number of halogens is 2. The number of nitrogens with zero attached hydrogens (tertiary/aromatic N) is 7. The summed E-state index contributed by atoms with van der Waals surface area (Å²) in [7, 11) is 0. The van der Waals surface area contributed by atoms with Crippen LogP contribution in [0.1, 0.15) is 70.1 Å². The SMILES string of the molecule is [C-]#[N+]c1ccc(N2CCC3(CCN(c4ccc(C(=O)N5CCN(C6CN(c7cc8c(cc7F)C(=O)N(C7CCC(=O)NC7=O)C8=O)C6)CC5)cc4)CC3)C2C)cc1Cl. The maximum Gasteiger partial charge on any atom is 0.262 e. The van der Waals surface area contributed by atoms with Crippen molar-refractivity contribution in [3.05, 3.63) is 93.5 Å². The molecule has 0 radical (unpaired) electrons. The predicted molar refractivity (Wildman–Crippen MR) is 216 cm³/mol. The van der Waals surface area contributed by atoms with Gasteiger partial charge in [0.05, 0.1) is 23.4 Å². The molecular formula is C43H44ClFN8O5. The van der Waals surface area contributed by atoms with Gasteiger partial charge in [0.2, 0.25) is 17.5 Å². The van der Waals surface area contributed by atoms with Crippen LogP contribution in [-0.4, -0.2) is 121 Å². The molecule has 15 heteroatoms. The lowest BCUT2D eigenvalue weighted by Gasteiger charge is -2.49. The molecule has 2 atom stereocenters. The molecule has 0 bridgehead atoms. The number of benzene rings is 3. The highest BCUT2D eigenvalue weighted by molar-refractivity contribution is 6.33. The van der Waals surface area contributed by atoms with Crippen molar-refractivity contribution in [2.24, 2.45) is 5.41 Å². The average Bonchev–Trinajstić information content (AvgIpc) is 3.64. The Morgan fingerprint density at radius 3 is 2.16 bits per heavy atom. The standard InChI is InChI=1S/C43H44ClFN8O5/c1-26-43(13-16-52(26)29-7-8-35(46-2)33(44)21-29)11-14-48(15-12-43)28-5-3-27(4-6-28)40(56)50-19-17-49(18-20-50)30-24-51(25-30)37-23-32-31(22-34(37)45)41(57)53(42(32)58)36-9-10-38(54)47-39(36)55/h3-8,21-23,26,30,36H,9-20,24-25H2,1H3,(H,47,54,55). The molecule has 5 amide bonds. The summed E-state index contributed by atoms with van der Waals surface area (Å²) in [4.78, 5) is 79.2. The summed E-state index contributed by atoms with van der Waals surface area (Å²) in [6.07, 6.45) is 3.32. The van der Waals surface area contributed by atoms with Gasteiger partial charge in [-0.15, -0.1) is 0 Å². The van der Waals surface area contributed by atoms with Crippen LogP contribution in [0.15, 0.2) is 54.6 Å². The van der Waals surface area contributed by atoms with Crippen molar-refractivity contribution < 1.29 is 28.4 Å². The van der Waals surface area contributed by atoms with Gasteiger partial charge in [-0.1, -0.05) is 17.7 Å². The molecule has 6 heterocycles. The summed E-state index contributed by atoms with van der Waals surface area (Å²) >= 11 is 6.38. The van der Waals surface area contributed by atoms with E-state index >= 15 is 4.39 Å². The van der Waals surface area contributed by atoms with Crippen LogP contribution < -0.4 is 20.0 Å². The molecule has 5 fully saturated rings. The van der Waals surface area contributed by atoms with Crippen molar-refractivity contribution in [2.45, 2.75) is 57.2 Å². The Morgan fingerprint density at radius 2 is 1.50 bits per heavy atom. The van der Waals surface area contributed by atoms with Gasteiger partial charge in [0.1, 0.15) is 11.9 Å². The second kappa shape index (κ2) is 14.7. The second-order valence-electron chi connectivity index (χ2n) is 16.4. The van der Waals surface area contributed by atoms with E-state index < -0.39 is 35.5 Å². The Hall–Kier alpha value is -5.52. The first-order valence-corrected chi connectivity index (χ1v) is 20.4. The van der Waals surface area contributed by atoms with E-state index in [1.54, 1.807) is 0 Å². The highest BCUT2D eigenvalue weighted by Gasteiger charge is 2.48. The molecule has 3 aromatic carbocycles. The fraction of sp³-hybridized carbons (Fsp3) is 0.442. The lowest BCUT2D eigenvalue weighted by Crippen LogP contribution is -2.63. The van der Waals surface area contributed by atoms with Crippen LogP contribution in [0.3, 0.4) is 0 Å². The summed E-state index contributed by atoms with van der Waals surface area (Å²) in [6.45, 7) is 16.1. The molecule has 1 N–H and O–H groups in total. The van der Waals surface area contributed by atoms with Gasteiger partial charge in [0, 0.05) is 99.4 Å². The van der Waals surface area contributed by atoms with Gasteiger partial charge in [-0.2, -0.15) is 0 Å². The van der Waals surface area contributed by atoms with Gasteiger partial charge >= 0.3 is 0 Å². The zero-order valence-corrected chi connectivity index (χ0v) is 33.0. The third-order valence-corrected chi connectivity index (χ3v) is 14.0. The van der Waals surface area contributed by atoms with E-state index in [-0.39, 0.29) is 47.0 Å². The first-order valence-electron chi connectivity index (χ1n) is 20.1. The normalized spacial score (nSPS) is 23.7. The first-order chi connectivity index (χ1) is 27.9. The number of piperidine rings is 2. The number of hydrogen-bond acceptors (Lipinski definition) is 9. The summed E-state index contributed by atoms with van der Waals surface area (Å²) in [5, 5.41) is 2.67. The van der Waals surface area contributed by atoms with Gasteiger partial charge in [-0.25, -0.2) is 9.24 Å². The van der Waals surface area contributed by atoms with Crippen LogP contribution in [0.25, 0.3) is 4.85 Å². The number of fused-ring (bicyclic) bond motifs is 1. The van der Waals surface area contributed by atoms with Crippen LogP contribution >= 0.6 is 11.6 Å². The summed E-state index contributed by atoms with van der Waals surface area (Å²) < 4.78 is 15.4. The molecule has 58 heavy (non-hydrogen) atoms. The van der Waals surface area contributed by atoms with Gasteiger partial charge in [0.25, 0.3) is 17.7 Å².